The van der Waals surface area contributed by atoms with Crippen LogP contribution in [0.3, 0.4) is 0 Å². The first kappa shape index (κ1) is 32.6. The van der Waals surface area contributed by atoms with Gasteiger partial charge in [-0.25, -0.2) is 18.0 Å². The average Bonchev–Trinajstić information content (AvgIpc) is 2.89. The first-order chi connectivity index (χ1) is 18.7. The minimum Gasteiger partial charge on any atom is -0.459 e. The van der Waals surface area contributed by atoms with Gasteiger partial charge in [-0.15, -0.1) is 0 Å². The van der Waals surface area contributed by atoms with Crippen LogP contribution < -0.4 is 10.6 Å². The van der Waals surface area contributed by atoms with Crippen molar-refractivity contribution < 1.29 is 32.3 Å². The lowest BCUT2D eigenvalue weighted by atomic mass is 10.0. The molecule has 0 heterocycles. The number of rotatable bonds is 13. The number of hydrogen-bond donors (Lipinski definition) is 2. The molecule has 0 saturated carbocycles. The highest BCUT2D eigenvalue weighted by molar-refractivity contribution is 7.96. The molecule has 2 aromatic rings. The maximum Gasteiger partial charge on any atom is 0.408 e. The zero-order valence-corrected chi connectivity index (χ0v) is 24.6. The average molecular weight is 573 g/mol. The molecule has 40 heavy (non-hydrogen) atoms. The Morgan fingerprint density at radius 2 is 1.40 bits per heavy atom. The van der Waals surface area contributed by atoms with Crippen LogP contribution in [0.5, 0.6) is 0 Å². The Hall–Kier alpha value is -3.66. The Balaban J connectivity index is 2.14. The van der Waals surface area contributed by atoms with E-state index in [4.69, 9.17) is 9.47 Å². The van der Waals surface area contributed by atoms with Gasteiger partial charge in [-0.3, -0.25) is 4.79 Å². The van der Waals surface area contributed by atoms with Crippen LogP contribution in [0.25, 0.3) is 0 Å². The summed E-state index contributed by atoms with van der Waals surface area (Å²) in [6, 6.07) is 16.1. The van der Waals surface area contributed by atoms with E-state index in [-0.39, 0.29) is 23.9 Å². The number of carbonyl (C=O) groups excluding carboxylic acids is 3. The number of hydrogen-bond acceptors (Lipinski definition) is 7. The van der Waals surface area contributed by atoms with Gasteiger partial charge in [0, 0.05) is 6.42 Å². The third-order valence-electron chi connectivity index (χ3n) is 5.97. The second-order valence-electron chi connectivity index (χ2n) is 10.9. The van der Waals surface area contributed by atoms with E-state index in [1.165, 1.54) is 20.8 Å². The molecule has 2 amide bonds. The highest BCUT2D eigenvalue weighted by Crippen LogP contribution is 2.22. The summed E-state index contributed by atoms with van der Waals surface area (Å²) in [7, 11) is -3.76. The van der Waals surface area contributed by atoms with Gasteiger partial charge < -0.3 is 20.1 Å². The summed E-state index contributed by atoms with van der Waals surface area (Å²) in [5.74, 6) is -1.13. The van der Waals surface area contributed by atoms with Crippen molar-refractivity contribution in [2.45, 2.75) is 70.9 Å². The van der Waals surface area contributed by atoms with Crippen LogP contribution in [0.1, 0.15) is 52.2 Å². The second-order valence-corrected chi connectivity index (χ2v) is 13.7. The summed E-state index contributed by atoms with van der Waals surface area (Å²) in [6.45, 7) is 11.4. The zero-order chi connectivity index (χ0) is 29.9. The van der Waals surface area contributed by atoms with Crippen molar-refractivity contribution >= 4 is 27.8 Å². The molecule has 0 aliphatic heterocycles. The summed E-state index contributed by atoms with van der Waals surface area (Å²) in [6.07, 6.45) is -0.559. The van der Waals surface area contributed by atoms with Crippen molar-refractivity contribution in [1.82, 2.24) is 10.6 Å². The molecule has 0 radical (unpaired) electrons. The molecule has 0 aliphatic rings. The van der Waals surface area contributed by atoms with Crippen molar-refractivity contribution in [3.63, 3.8) is 0 Å². The molecule has 0 bridgehead atoms. The number of nitrogens with one attached hydrogen (secondary N) is 2. The third-order valence-corrected chi connectivity index (χ3v) is 8.46. The van der Waals surface area contributed by atoms with Gasteiger partial charge in [0.2, 0.25) is 5.91 Å². The van der Waals surface area contributed by atoms with Crippen molar-refractivity contribution in [1.29, 1.82) is 0 Å². The summed E-state index contributed by atoms with van der Waals surface area (Å²) in [5, 5.41) is 5.23. The highest BCUT2D eigenvalue weighted by Gasteiger charge is 2.33. The molecule has 0 aromatic heterocycles. The van der Waals surface area contributed by atoms with Crippen LogP contribution >= 0.6 is 0 Å². The van der Waals surface area contributed by atoms with Gasteiger partial charge in [0.25, 0.3) is 0 Å². The lowest BCUT2D eigenvalue weighted by Crippen LogP contribution is -2.53. The molecule has 0 saturated heterocycles. The van der Waals surface area contributed by atoms with E-state index >= 15 is 0 Å². The SMILES string of the molecule is C=C(COC(=O)N[C@@H](Cc1ccccc1)C(=O)N[C@@H](CC(C)C)C(=O)OCc1ccccc1)S(=O)(=O)C(C)(C)C. The monoisotopic (exact) mass is 572 g/mol. The van der Waals surface area contributed by atoms with Gasteiger partial charge in [0.15, 0.2) is 9.84 Å². The molecule has 10 heteroatoms. The molecule has 0 spiro atoms. The van der Waals surface area contributed by atoms with E-state index in [1.54, 1.807) is 24.3 Å². The normalized spacial score (nSPS) is 13.2. The van der Waals surface area contributed by atoms with E-state index in [1.807, 2.05) is 50.2 Å². The van der Waals surface area contributed by atoms with Gasteiger partial charge in [0.1, 0.15) is 25.3 Å². The Kier molecular flexibility index (Phi) is 11.9. The first-order valence-electron chi connectivity index (χ1n) is 13.1. The fourth-order valence-electron chi connectivity index (χ4n) is 3.69. The van der Waals surface area contributed by atoms with E-state index in [2.05, 4.69) is 17.2 Å². The maximum atomic E-state index is 13.4. The van der Waals surface area contributed by atoms with Gasteiger partial charge in [-0.2, -0.15) is 0 Å². The zero-order valence-electron chi connectivity index (χ0n) is 23.8. The Morgan fingerprint density at radius 3 is 1.93 bits per heavy atom. The summed E-state index contributed by atoms with van der Waals surface area (Å²) < 4.78 is 34.5. The smallest absolute Gasteiger partial charge is 0.408 e. The van der Waals surface area contributed by atoms with Gasteiger partial charge in [-0.1, -0.05) is 81.1 Å². The van der Waals surface area contributed by atoms with Crippen LogP contribution in [0.4, 0.5) is 4.79 Å². The molecule has 9 nitrogen and oxygen atoms in total. The lowest BCUT2D eigenvalue weighted by Gasteiger charge is -2.24. The summed E-state index contributed by atoms with van der Waals surface area (Å²) in [4.78, 5) is 38.7. The molecular formula is C30H40N2O7S. The molecule has 0 fully saturated rings. The number of esters is 1. The quantitative estimate of drug-likeness (QED) is 0.342. The molecule has 0 aliphatic carbocycles. The van der Waals surface area contributed by atoms with E-state index in [9.17, 15) is 22.8 Å². The largest absolute Gasteiger partial charge is 0.459 e. The third kappa shape index (κ3) is 10.1. The van der Waals surface area contributed by atoms with E-state index < -0.39 is 51.2 Å². The van der Waals surface area contributed by atoms with Crippen molar-refractivity contribution in [3.8, 4) is 0 Å². The van der Waals surface area contributed by atoms with Crippen molar-refractivity contribution in [2.75, 3.05) is 6.61 Å². The van der Waals surface area contributed by atoms with E-state index in [0.29, 0.717) is 6.42 Å². The van der Waals surface area contributed by atoms with Crippen LogP contribution in [-0.2, 0) is 41.9 Å². The summed E-state index contributed by atoms with van der Waals surface area (Å²) >= 11 is 0. The van der Waals surface area contributed by atoms with Gasteiger partial charge >= 0.3 is 12.1 Å². The molecule has 218 valence electrons. The first-order valence-corrected chi connectivity index (χ1v) is 14.6. The lowest BCUT2D eigenvalue weighted by molar-refractivity contribution is -0.149. The number of benzene rings is 2. The number of amides is 2. The minimum absolute atomic E-state index is 0.0590. The Labute approximate surface area is 237 Å². The molecule has 0 unspecified atom stereocenters. The van der Waals surface area contributed by atoms with Gasteiger partial charge in [-0.05, 0) is 44.2 Å². The minimum atomic E-state index is -3.76. The van der Waals surface area contributed by atoms with E-state index in [0.717, 1.165) is 11.1 Å². The van der Waals surface area contributed by atoms with Crippen LogP contribution in [0, 0.1) is 5.92 Å². The van der Waals surface area contributed by atoms with Crippen LogP contribution in [0.15, 0.2) is 72.1 Å². The number of alkyl carbamates (subject to hydrolysis) is 1. The maximum absolute atomic E-state index is 13.4. The fraction of sp³-hybridized carbons (Fsp3) is 0.433. The molecule has 2 rings (SSSR count). The summed E-state index contributed by atoms with van der Waals surface area (Å²) in [5.41, 5.74) is 1.57. The topological polar surface area (TPSA) is 128 Å². The van der Waals surface area contributed by atoms with Crippen molar-refractivity contribution in [3.05, 3.63) is 83.3 Å². The number of ether oxygens (including phenoxy) is 2. The predicted molar refractivity (Wildman–Crippen MR) is 154 cm³/mol. The van der Waals surface area contributed by atoms with Gasteiger partial charge in [0.05, 0.1) is 9.65 Å². The highest BCUT2D eigenvalue weighted by atomic mass is 32.2. The standard InChI is InChI=1S/C30H40N2O7S/c1-21(2)17-26(28(34)38-20-24-15-11-8-12-16-24)31-27(33)25(18-23-13-9-7-10-14-23)32-29(35)39-19-22(3)40(36,37)30(4,5)6/h7-16,21,25-26H,3,17-20H2,1-2,4-6H3,(H,31,33)(H,32,35)/t25-,26-/m0/s1. The van der Waals surface area contributed by atoms with Crippen molar-refractivity contribution in [2.24, 2.45) is 5.92 Å². The second kappa shape index (κ2) is 14.6. The molecule has 2 N–H and O–H groups in total. The van der Waals surface area contributed by atoms with Crippen LogP contribution in [-0.4, -0.2) is 49.8 Å². The molecular weight excluding hydrogens is 532 g/mol. The predicted octanol–water partition coefficient (Wildman–Crippen LogP) is 4.33. The Bertz CT molecular complexity index is 1250. The Morgan fingerprint density at radius 1 is 0.850 bits per heavy atom. The van der Waals surface area contributed by atoms with Crippen LogP contribution in [0.2, 0.25) is 0 Å². The number of carbonyl (C=O) groups is 3. The molecule has 2 aromatic carbocycles. The molecule has 2 atom stereocenters. The fourth-order valence-corrected chi connectivity index (χ4v) is 4.77. The number of sulfone groups is 1.